The average Bonchev–Trinajstić information content (AvgIpc) is 2.84. The Labute approximate surface area is 131 Å². The number of oxime groups is 1. The third-order valence-corrected chi connectivity index (χ3v) is 4.47. The standard InChI is InChI=1S/C14H23N3O3.ClH/c1-3-19-13(18)11-6-10(2)4-5-17(11)12-7-14(20-16-12)8-15-9-14;/h10-11,15H,3-9H2,1-2H3;1H. The van der Waals surface area contributed by atoms with Crippen molar-refractivity contribution in [2.24, 2.45) is 11.1 Å². The summed E-state index contributed by atoms with van der Waals surface area (Å²) in [5, 5.41) is 7.47. The van der Waals surface area contributed by atoms with Gasteiger partial charge in [0.25, 0.3) is 0 Å². The molecule has 0 bridgehead atoms. The molecule has 6 nitrogen and oxygen atoms in total. The van der Waals surface area contributed by atoms with Crippen molar-refractivity contribution in [1.29, 1.82) is 0 Å². The highest BCUT2D eigenvalue weighted by Crippen LogP contribution is 2.32. The second-order valence-electron chi connectivity index (χ2n) is 6.15. The quantitative estimate of drug-likeness (QED) is 0.774. The maximum Gasteiger partial charge on any atom is 0.328 e. The monoisotopic (exact) mass is 317 g/mol. The summed E-state index contributed by atoms with van der Waals surface area (Å²) in [7, 11) is 0. The first kappa shape index (κ1) is 16.4. The first-order valence-corrected chi connectivity index (χ1v) is 7.52. The lowest BCUT2D eigenvalue weighted by Crippen LogP contribution is -2.60. The lowest BCUT2D eigenvalue weighted by Gasteiger charge is -2.39. The molecule has 3 rings (SSSR count). The third-order valence-electron chi connectivity index (χ3n) is 4.47. The minimum Gasteiger partial charge on any atom is -0.464 e. The summed E-state index contributed by atoms with van der Waals surface area (Å²) < 4.78 is 5.22. The zero-order chi connectivity index (χ0) is 14.2. The van der Waals surface area contributed by atoms with Crippen molar-refractivity contribution in [3.63, 3.8) is 0 Å². The minimum absolute atomic E-state index is 0. The van der Waals surface area contributed by atoms with E-state index in [9.17, 15) is 4.79 Å². The van der Waals surface area contributed by atoms with E-state index in [0.717, 1.165) is 44.7 Å². The van der Waals surface area contributed by atoms with Gasteiger partial charge in [0.2, 0.25) is 0 Å². The number of nitrogens with one attached hydrogen (secondary N) is 1. The molecule has 21 heavy (non-hydrogen) atoms. The van der Waals surface area contributed by atoms with Gasteiger partial charge in [0.1, 0.15) is 11.9 Å². The lowest BCUT2D eigenvalue weighted by atomic mass is 9.89. The molecule has 0 aromatic rings. The number of piperidine rings is 1. The Morgan fingerprint density at radius 1 is 1.57 bits per heavy atom. The van der Waals surface area contributed by atoms with E-state index in [0.29, 0.717) is 12.5 Å². The lowest BCUT2D eigenvalue weighted by molar-refractivity contribution is -0.149. The van der Waals surface area contributed by atoms with Crippen LogP contribution in [-0.2, 0) is 14.4 Å². The number of amidine groups is 1. The van der Waals surface area contributed by atoms with Crippen molar-refractivity contribution in [2.45, 2.75) is 44.8 Å². The Balaban J connectivity index is 0.00000161. The fourth-order valence-corrected chi connectivity index (χ4v) is 3.16. The van der Waals surface area contributed by atoms with Crippen molar-refractivity contribution in [1.82, 2.24) is 10.2 Å². The van der Waals surface area contributed by atoms with Crippen LogP contribution in [0.3, 0.4) is 0 Å². The Kier molecular flexibility index (Phi) is 4.99. The predicted molar refractivity (Wildman–Crippen MR) is 81.5 cm³/mol. The molecule has 7 heteroatoms. The van der Waals surface area contributed by atoms with E-state index in [1.807, 2.05) is 6.92 Å². The number of halogens is 1. The van der Waals surface area contributed by atoms with Crippen LogP contribution in [-0.4, -0.2) is 54.6 Å². The molecule has 2 saturated heterocycles. The highest BCUT2D eigenvalue weighted by Gasteiger charge is 2.48. The van der Waals surface area contributed by atoms with Crippen molar-refractivity contribution in [3.05, 3.63) is 0 Å². The van der Waals surface area contributed by atoms with Gasteiger partial charge < -0.3 is 19.8 Å². The number of carbonyl (C=O) groups excluding carboxylic acids is 1. The second-order valence-corrected chi connectivity index (χ2v) is 6.15. The van der Waals surface area contributed by atoms with Crippen LogP contribution in [0, 0.1) is 5.92 Å². The number of ether oxygens (including phenoxy) is 1. The Bertz CT molecular complexity index is 426. The summed E-state index contributed by atoms with van der Waals surface area (Å²) >= 11 is 0. The van der Waals surface area contributed by atoms with E-state index in [-0.39, 0.29) is 30.0 Å². The van der Waals surface area contributed by atoms with Crippen molar-refractivity contribution in [3.8, 4) is 0 Å². The van der Waals surface area contributed by atoms with Crippen molar-refractivity contribution < 1.29 is 14.4 Å². The second kappa shape index (κ2) is 6.40. The normalized spacial score (nSPS) is 30.0. The van der Waals surface area contributed by atoms with Gasteiger partial charge in [-0.3, -0.25) is 0 Å². The summed E-state index contributed by atoms with van der Waals surface area (Å²) in [6, 6.07) is -0.204. The molecule has 2 atom stereocenters. The smallest absolute Gasteiger partial charge is 0.328 e. The van der Waals surface area contributed by atoms with Gasteiger partial charge in [-0.15, -0.1) is 12.4 Å². The topological polar surface area (TPSA) is 63.2 Å². The van der Waals surface area contributed by atoms with Gasteiger partial charge in [0.15, 0.2) is 5.60 Å². The maximum atomic E-state index is 12.2. The number of esters is 1. The summed E-state index contributed by atoms with van der Waals surface area (Å²) in [5.74, 6) is 1.33. The molecule has 0 aliphatic carbocycles. The van der Waals surface area contributed by atoms with Gasteiger partial charge in [0.05, 0.1) is 13.0 Å². The SMILES string of the molecule is CCOC(=O)C1CC(C)CCN1C1=NOC2(CNC2)C1.Cl. The largest absolute Gasteiger partial charge is 0.464 e. The van der Waals surface area contributed by atoms with Gasteiger partial charge in [-0.1, -0.05) is 12.1 Å². The van der Waals surface area contributed by atoms with E-state index in [4.69, 9.17) is 9.57 Å². The zero-order valence-electron chi connectivity index (χ0n) is 12.6. The Hall–Kier alpha value is -1.01. The number of carbonyl (C=O) groups is 1. The van der Waals surface area contributed by atoms with Crippen LogP contribution < -0.4 is 5.32 Å². The number of likely N-dealkylation sites (tertiary alicyclic amines) is 1. The fourth-order valence-electron chi connectivity index (χ4n) is 3.16. The van der Waals surface area contributed by atoms with Crippen molar-refractivity contribution in [2.75, 3.05) is 26.2 Å². The van der Waals surface area contributed by atoms with Gasteiger partial charge >= 0.3 is 5.97 Å². The molecular weight excluding hydrogens is 294 g/mol. The van der Waals surface area contributed by atoms with Crippen LogP contribution >= 0.6 is 12.4 Å². The molecule has 0 saturated carbocycles. The van der Waals surface area contributed by atoms with Gasteiger partial charge in [-0.25, -0.2) is 4.79 Å². The molecule has 2 unspecified atom stereocenters. The van der Waals surface area contributed by atoms with Crippen molar-refractivity contribution >= 4 is 24.2 Å². The van der Waals surface area contributed by atoms with Crippen LogP contribution in [0.25, 0.3) is 0 Å². The predicted octanol–water partition coefficient (Wildman–Crippen LogP) is 1.15. The maximum absolute atomic E-state index is 12.2. The number of hydrogen-bond donors (Lipinski definition) is 1. The van der Waals surface area contributed by atoms with Gasteiger partial charge in [-0.2, -0.15) is 0 Å². The molecule has 2 fully saturated rings. The van der Waals surface area contributed by atoms with Crippen LogP contribution in [0.1, 0.15) is 33.1 Å². The third kappa shape index (κ3) is 3.11. The van der Waals surface area contributed by atoms with E-state index in [1.165, 1.54) is 0 Å². The molecule has 3 heterocycles. The highest BCUT2D eigenvalue weighted by atomic mass is 35.5. The highest BCUT2D eigenvalue weighted by molar-refractivity contribution is 5.89. The first-order valence-electron chi connectivity index (χ1n) is 7.52. The van der Waals surface area contributed by atoms with Crippen LogP contribution in [0.2, 0.25) is 0 Å². The van der Waals surface area contributed by atoms with E-state index in [1.54, 1.807) is 0 Å². The van der Waals surface area contributed by atoms with Crippen LogP contribution in [0.5, 0.6) is 0 Å². The summed E-state index contributed by atoms with van der Waals surface area (Å²) in [6.45, 7) is 7.00. The summed E-state index contributed by atoms with van der Waals surface area (Å²) in [6.07, 6.45) is 2.72. The molecule has 0 radical (unpaired) electrons. The fraction of sp³-hybridized carbons (Fsp3) is 0.857. The zero-order valence-corrected chi connectivity index (χ0v) is 13.4. The Morgan fingerprint density at radius 3 is 2.90 bits per heavy atom. The summed E-state index contributed by atoms with van der Waals surface area (Å²) in [4.78, 5) is 19.9. The number of nitrogens with zero attached hydrogens (tertiary/aromatic N) is 2. The van der Waals surface area contributed by atoms with Gasteiger partial charge in [0, 0.05) is 19.6 Å². The molecule has 3 aliphatic heterocycles. The first-order chi connectivity index (χ1) is 9.63. The van der Waals surface area contributed by atoms with Crippen LogP contribution in [0.15, 0.2) is 5.16 Å². The number of rotatable bonds is 2. The summed E-state index contributed by atoms with van der Waals surface area (Å²) in [5.41, 5.74) is -0.155. The molecular formula is C14H24ClN3O3. The molecule has 3 aliphatic rings. The van der Waals surface area contributed by atoms with E-state index >= 15 is 0 Å². The molecule has 1 N–H and O–H groups in total. The average molecular weight is 318 g/mol. The molecule has 0 aromatic heterocycles. The van der Waals surface area contributed by atoms with E-state index < -0.39 is 0 Å². The minimum atomic E-state index is -0.204. The molecule has 0 amide bonds. The molecule has 120 valence electrons. The molecule has 0 aromatic carbocycles. The number of hydrogen-bond acceptors (Lipinski definition) is 6. The molecule has 1 spiro atoms. The Morgan fingerprint density at radius 2 is 2.33 bits per heavy atom. The van der Waals surface area contributed by atoms with Gasteiger partial charge in [-0.05, 0) is 25.7 Å². The van der Waals surface area contributed by atoms with E-state index in [2.05, 4.69) is 22.3 Å². The van der Waals surface area contributed by atoms with Crippen LogP contribution in [0.4, 0.5) is 0 Å².